The summed E-state index contributed by atoms with van der Waals surface area (Å²) in [5.74, 6) is 1.59. The quantitative estimate of drug-likeness (QED) is 0.836. The summed E-state index contributed by atoms with van der Waals surface area (Å²) in [6.07, 6.45) is 7.87. The fraction of sp³-hybridized carbons (Fsp3) is 0.533. The van der Waals surface area contributed by atoms with Crippen molar-refractivity contribution in [2.45, 2.75) is 38.6 Å². The molecule has 1 fully saturated rings. The number of hydrogen-bond acceptors (Lipinski definition) is 5. The van der Waals surface area contributed by atoms with Crippen LogP contribution >= 0.6 is 0 Å². The van der Waals surface area contributed by atoms with Crippen molar-refractivity contribution in [3.05, 3.63) is 41.8 Å². The van der Waals surface area contributed by atoms with Gasteiger partial charge < -0.3 is 4.52 Å². The van der Waals surface area contributed by atoms with Crippen LogP contribution in [-0.4, -0.2) is 33.1 Å². The summed E-state index contributed by atoms with van der Waals surface area (Å²) in [6, 6.07) is 4.48. The molecular weight excluding hydrogens is 252 g/mol. The molecule has 5 nitrogen and oxygen atoms in total. The summed E-state index contributed by atoms with van der Waals surface area (Å²) in [7, 11) is 0. The van der Waals surface area contributed by atoms with E-state index in [1.165, 1.54) is 12.0 Å². The van der Waals surface area contributed by atoms with Gasteiger partial charge in [0.05, 0.1) is 6.04 Å². The van der Waals surface area contributed by atoms with Crippen LogP contribution in [-0.2, 0) is 12.8 Å². The zero-order chi connectivity index (χ0) is 13.8. The first-order valence-corrected chi connectivity index (χ1v) is 7.32. The molecule has 2 aromatic heterocycles. The van der Waals surface area contributed by atoms with Crippen LogP contribution in [0.5, 0.6) is 0 Å². The van der Waals surface area contributed by atoms with E-state index >= 15 is 0 Å². The molecule has 20 heavy (non-hydrogen) atoms. The van der Waals surface area contributed by atoms with E-state index in [1.807, 2.05) is 19.3 Å². The summed E-state index contributed by atoms with van der Waals surface area (Å²) in [5, 5.41) is 4.14. The molecule has 0 unspecified atom stereocenters. The lowest BCUT2D eigenvalue weighted by Gasteiger charge is -2.21. The van der Waals surface area contributed by atoms with E-state index in [1.54, 1.807) is 0 Å². The van der Waals surface area contributed by atoms with Gasteiger partial charge in [0.25, 0.3) is 0 Å². The molecule has 0 aliphatic carbocycles. The van der Waals surface area contributed by atoms with Crippen LogP contribution in [0.15, 0.2) is 29.0 Å². The molecule has 0 saturated carbocycles. The van der Waals surface area contributed by atoms with Crippen LogP contribution in [0, 0.1) is 0 Å². The topological polar surface area (TPSA) is 55.1 Å². The average Bonchev–Trinajstić information content (AvgIpc) is 3.14. The van der Waals surface area contributed by atoms with Crippen molar-refractivity contribution in [1.82, 2.24) is 20.0 Å². The molecule has 0 spiro atoms. The summed E-state index contributed by atoms with van der Waals surface area (Å²) < 4.78 is 5.24. The molecule has 0 bridgehead atoms. The fourth-order valence-corrected chi connectivity index (χ4v) is 2.76. The predicted octanol–water partition coefficient (Wildman–Crippen LogP) is 2.41. The first-order valence-electron chi connectivity index (χ1n) is 7.32. The minimum Gasteiger partial charge on any atom is -0.339 e. The third-order valence-corrected chi connectivity index (χ3v) is 3.89. The number of nitrogens with zero attached hydrogens (tertiary/aromatic N) is 4. The molecule has 1 atom stereocenters. The van der Waals surface area contributed by atoms with E-state index in [-0.39, 0.29) is 0 Å². The van der Waals surface area contributed by atoms with E-state index in [9.17, 15) is 0 Å². The Morgan fingerprint density at radius 1 is 1.35 bits per heavy atom. The number of aromatic nitrogens is 3. The maximum absolute atomic E-state index is 5.24. The van der Waals surface area contributed by atoms with Gasteiger partial charge in [-0.2, -0.15) is 4.98 Å². The van der Waals surface area contributed by atoms with Crippen molar-refractivity contribution < 1.29 is 4.52 Å². The first kappa shape index (κ1) is 13.2. The number of aryl methyl sites for hydroxylation is 1. The smallest absolute Gasteiger partial charge is 0.226 e. The summed E-state index contributed by atoms with van der Waals surface area (Å²) in [5.41, 5.74) is 1.33. The lowest BCUT2D eigenvalue weighted by Crippen LogP contribution is -2.26. The van der Waals surface area contributed by atoms with Crippen molar-refractivity contribution in [2.24, 2.45) is 0 Å². The molecule has 0 N–H and O–H groups in total. The van der Waals surface area contributed by atoms with Gasteiger partial charge in [-0.1, -0.05) is 12.1 Å². The van der Waals surface area contributed by atoms with Gasteiger partial charge in [0, 0.05) is 25.4 Å². The van der Waals surface area contributed by atoms with Gasteiger partial charge in [-0.25, -0.2) is 0 Å². The third-order valence-electron chi connectivity index (χ3n) is 3.89. The van der Waals surface area contributed by atoms with E-state index < -0.39 is 0 Å². The molecule has 1 aliphatic rings. The van der Waals surface area contributed by atoms with Crippen LogP contribution in [0.2, 0.25) is 0 Å². The van der Waals surface area contributed by atoms with Gasteiger partial charge in [-0.3, -0.25) is 9.88 Å². The molecule has 106 valence electrons. The highest BCUT2D eigenvalue weighted by Gasteiger charge is 2.29. The maximum atomic E-state index is 5.24. The van der Waals surface area contributed by atoms with Crippen molar-refractivity contribution in [2.75, 3.05) is 13.1 Å². The van der Waals surface area contributed by atoms with Gasteiger partial charge in [-0.15, -0.1) is 0 Å². The van der Waals surface area contributed by atoms with E-state index in [4.69, 9.17) is 4.52 Å². The van der Waals surface area contributed by atoms with Crippen molar-refractivity contribution >= 4 is 0 Å². The lowest BCUT2D eigenvalue weighted by molar-refractivity contribution is 0.245. The highest BCUT2D eigenvalue weighted by Crippen LogP contribution is 2.30. The fourth-order valence-electron chi connectivity index (χ4n) is 2.76. The van der Waals surface area contributed by atoms with Crippen LogP contribution < -0.4 is 0 Å². The first-order chi connectivity index (χ1) is 9.86. The Bertz CT molecular complexity index is 540. The minimum atomic E-state index is 0.320. The molecule has 3 rings (SSSR count). The second kappa shape index (κ2) is 6.13. The molecular formula is C15H20N4O. The Kier molecular flexibility index (Phi) is 4.06. The molecule has 1 aliphatic heterocycles. The molecule has 0 amide bonds. The Labute approximate surface area is 119 Å². The molecule has 1 saturated heterocycles. The Morgan fingerprint density at radius 2 is 2.20 bits per heavy atom. The number of hydrogen-bond donors (Lipinski definition) is 0. The molecule has 0 aromatic carbocycles. The Hall–Kier alpha value is -1.75. The Balaban J connectivity index is 1.63. The number of rotatable bonds is 5. The SMILES string of the molecule is CCc1nc([C@H]2CCCN2CCc2ccncc2)no1. The zero-order valence-electron chi connectivity index (χ0n) is 11.8. The lowest BCUT2D eigenvalue weighted by atomic mass is 10.1. The van der Waals surface area contributed by atoms with Crippen molar-refractivity contribution in [3.63, 3.8) is 0 Å². The molecule has 0 radical (unpaired) electrons. The van der Waals surface area contributed by atoms with Crippen LogP contribution in [0.25, 0.3) is 0 Å². The van der Waals surface area contributed by atoms with Crippen LogP contribution in [0.3, 0.4) is 0 Å². The summed E-state index contributed by atoms with van der Waals surface area (Å²) >= 11 is 0. The highest BCUT2D eigenvalue weighted by atomic mass is 16.5. The van der Waals surface area contributed by atoms with Crippen LogP contribution in [0.1, 0.15) is 43.1 Å². The second-order valence-corrected chi connectivity index (χ2v) is 5.20. The Morgan fingerprint density at radius 3 is 2.95 bits per heavy atom. The average molecular weight is 272 g/mol. The number of pyridine rings is 1. The molecule has 3 heterocycles. The van der Waals surface area contributed by atoms with E-state index in [2.05, 4.69) is 32.2 Å². The highest BCUT2D eigenvalue weighted by molar-refractivity contribution is 5.10. The standard InChI is InChI=1S/C15H20N4O/c1-2-14-17-15(18-20-14)13-4-3-10-19(13)11-7-12-5-8-16-9-6-12/h5-6,8-9,13H,2-4,7,10-11H2,1H3/t13-/m1/s1. The van der Waals surface area contributed by atoms with Crippen molar-refractivity contribution in [3.8, 4) is 0 Å². The molecule has 2 aromatic rings. The van der Waals surface area contributed by atoms with Gasteiger partial charge in [-0.05, 0) is 43.5 Å². The van der Waals surface area contributed by atoms with Crippen LogP contribution in [0.4, 0.5) is 0 Å². The van der Waals surface area contributed by atoms with Gasteiger partial charge in [0.2, 0.25) is 5.89 Å². The molecule has 5 heteroatoms. The maximum Gasteiger partial charge on any atom is 0.226 e. The van der Waals surface area contributed by atoms with Gasteiger partial charge in [0.1, 0.15) is 0 Å². The monoisotopic (exact) mass is 272 g/mol. The van der Waals surface area contributed by atoms with E-state index in [0.29, 0.717) is 6.04 Å². The number of likely N-dealkylation sites (tertiary alicyclic amines) is 1. The van der Waals surface area contributed by atoms with E-state index in [0.717, 1.165) is 44.1 Å². The largest absolute Gasteiger partial charge is 0.339 e. The predicted molar refractivity (Wildman–Crippen MR) is 75.2 cm³/mol. The van der Waals surface area contributed by atoms with Gasteiger partial charge in [0.15, 0.2) is 5.82 Å². The second-order valence-electron chi connectivity index (χ2n) is 5.20. The van der Waals surface area contributed by atoms with Crippen molar-refractivity contribution in [1.29, 1.82) is 0 Å². The zero-order valence-corrected chi connectivity index (χ0v) is 11.8. The minimum absolute atomic E-state index is 0.320. The summed E-state index contributed by atoms with van der Waals surface area (Å²) in [4.78, 5) is 11.0. The third kappa shape index (κ3) is 2.88. The summed E-state index contributed by atoms with van der Waals surface area (Å²) in [6.45, 7) is 4.18. The van der Waals surface area contributed by atoms with Gasteiger partial charge >= 0.3 is 0 Å². The normalized spacial score (nSPS) is 19.6.